The van der Waals surface area contributed by atoms with E-state index in [1.54, 1.807) is 35.1 Å². The Morgan fingerprint density at radius 2 is 1.84 bits per heavy atom. The third-order valence-electron chi connectivity index (χ3n) is 6.80. The van der Waals surface area contributed by atoms with Crippen LogP contribution in [0.15, 0.2) is 65.4 Å². The molecule has 2 aliphatic rings. The normalized spacial score (nSPS) is 19.8. The van der Waals surface area contributed by atoms with Gasteiger partial charge in [0.2, 0.25) is 0 Å². The molecule has 11 nitrogen and oxygen atoms in total. The number of aromatic nitrogens is 2. The van der Waals surface area contributed by atoms with Crippen molar-refractivity contribution in [2.45, 2.75) is 38.8 Å². The molecule has 2 heterocycles. The highest BCUT2D eigenvalue weighted by Gasteiger charge is 2.45. The van der Waals surface area contributed by atoms with Gasteiger partial charge in [-0.3, -0.25) is 29.7 Å². The van der Waals surface area contributed by atoms with Gasteiger partial charge in [-0.25, -0.2) is 5.01 Å². The first kappa shape index (κ1) is 25.3. The molecule has 0 unspecified atom stereocenters. The highest BCUT2D eigenvalue weighted by Crippen LogP contribution is 2.45. The lowest BCUT2D eigenvalue weighted by Gasteiger charge is -2.29. The van der Waals surface area contributed by atoms with Crippen molar-refractivity contribution in [1.82, 2.24) is 14.8 Å². The molecule has 5 rings (SSSR count). The van der Waals surface area contributed by atoms with Crippen molar-refractivity contribution in [3.63, 3.8) is 0 Å². The molecule has 3 aromatic rings. The predicted molar refractivity (Wildman–Crippen MR) is 141 cm³/mol. The van der Waals surface area contributed by atoms with Gasteiger partial charge in [-0.1, -0.05) is 35.9 Å². The van der Waals surface area contributed by atoms with Crippen molar-refractivity contribution in [1.29, 1.82) is 0 Å². The van der Waals surface area contributed by atoms with Crippen LogP contribution in [0.4, 0.5) is 11.4 Å². The van der Waals surface area contributed by atoms with E-state index >= 15 is 0 Å². The van der Waals surface area contributed by atoms with E-state index in [-0.39, 0.29) is 28.0 Å². The number of hydrazone groups is 1. The molecular formula is C26H23ClN6O5. The number of rotatable bonds is 6. The molecule has 0 saturated heterocycles. The second kappa shape index (κ2) is 10.2. The Balaban J connectivity index is 1.61. The Labute approximate surface area is 222 Å². The molecule has 0 bridgehead atoms. The van der Waals surface area contributed by atoms with Crippen molar-refractivity contribution >= 4 is 40.7 Å². The minimum Gasteiger partial charge on any atom is -0.271 e. The van der Waals surface area contributed by atoms with Crippen molar-refractivity contribution in [2.75, 3.05) is 0 Å². The number of nitro benzene ring substituents is 2. The minimum absolute atomic E-state index is 0.0208. The Bertz CT molecular complexity index is 1510. The second-order valence-electron chi connectivity index (χ2n) is 9.13. The van der Waals surface area contributed by atoms with Crippen molar-refractivity contribution in [3.05, 3.63) is 102 Å². The van der Waals surface area contributed by atoms with Gasteiger partial charge in [0.25, 0.3) is 17.3 Å². The number of carbonyl (C=O) groups excluding carboxylic acids is 1. The van der Waals surface area contributed by atoms with E-state index in [0.717, 1.165) is 12.0 Å². The number of carbonyl (C=O) groups is 1. The SMILES string of the molecule is CCn1cc(Cl)c(C(=O)N2N=C3/C(=C\c4cccc([N+](=O)[O-])c4)CCC[C@@H]3[C@@H]2c2cccc([N+](=O)[O-])c2)n1. The summed E-state index contributed by atoms with van der Waals surface area (Å²) in [5.41, 5.74) is 2.72. The van der Waals surface area contributed by atoms with Crippen LogP contribution in [-0.4, -0.2) is 36.3 Å². The minimum atomic E-state index is -0.603. The molecular weight excluding hydrogens is 512 g/mol. The molecule has 1 fully saturated rings. The van der Waals surface area contributed by atoms with Crippen LogP contribution < -0.4 is 0 Å². The fraction of sp³-hybridized carbons (Fsp3) is 0.269. The summed E-state index contributed by atoms with van der Waals surface area (Å²) < 4.78 is 1.56. The molecule has 2 atom stereocenters. The lowest BCUT2D eigenvalue weighted by atomic mass is 9.77. The monoisotopic (exact) mass is 534 g/mol. The lowest BCUT2D eigenvalue weighted by molar-refractivity contribution is -0.385. The number of halogens is 1. The summed E-state index contributed by atoms with van der Waals surface area (Å²) in [5.74, 6) is -0.734. The van der Waals surface area contributed by atoms with E-state index in [0.29, 0.717) is 36.2 Å². The Morgan fingerprint density at radius 3 is 2.53 bits per heavy atom. The molecule has 0 spiro atoms. The summed E-state index contributed by atoms with van der Waals surface area (Å²) in [7, 11) is 0. The van der Waals surface area contributed by atoms with Crippen molar-refractivity contribution < 1.29 is 14.6 Å². The number of hydrogen-bond donors (Lipinski definition) is 0. The summed E-state index contributed by atoms with van der Waals surface area (Å²) in [6.07, 6.45) is 5.60. The number of non-ortho nitro benzene ring substituents is 2. The number of nitro groups is 2. The first-order valence-electron chi connectivity index (χ1n) is 12.1. The van der Waals surface area contributed by atoms with Crippen LogP contribution in [0.2, 0.25) is 5.02 Å². The van der Waals surface area contributed by atoms with Gasteiger partial charge in [-0.2, -0.15) is 10.2 Å². The van der Waals surface area contributed by atoms with Gasteiger partial charge in [0, 0.05) is 42.9 Å². The van der Waals surface area contributed by atoms with E-state index in [9.17, 15) is 25.0 Å². The molecule has 194 valence electrons. The molecule has 38 heavy (non-hydrogen) atoms. The van der Waals surface area contributed by atoms with Crippen molar-refractivity contribution in [2.24, 2.45) is 11.0 Å². The summed E-state index contributed by atoms with van der Waals surface area (Å²) in [6, 6.07) is 11.9. The third-order valence-corrected chi connectivity index (χ3v) is 7.07. The van der Waals surface area contributed by atoms with Crippen molar-refractivity contribution in [3.8, 4) is 0 Å². The number of amides is 1. The summed E-state index contributed by atoms with van der Waals surface area (Å²) in [5, 5.41) is 33.4. The van der Waals surface area contributed by atoms with Crippen LogP contribution in [0.5, 0.6) is 0 Å². The molecule has 0 N–H and O–H groups in total. The molecule has 1 aliphatic heterocycles. The van der Waals surface area contributed by atoms with Crippen LogP contribution in [-0.2, 0) is 6.54 Å². The molecule has 2 aromatic carbocycles. The highest BCUT2D eigenvalue weighted by atomic mass is 35.5. The van der Waals surface area contributed by atoms with Gasteiger partial charge in [-0.05, 0) is 49.0 Å². The number of nitrogens with zero attached hydrogens (tertiary/aromatic N) is 6. The largest absolute Gasteiger partial charge is 0.296 e. The van der Waals surface area contributed by atoms with Gasteiger partial charge < -0.3 is 0 Å². The third kappa shape index (κ3) is 4.68. The maximum absolute atomic E-state index is 13.8. The number of benzene rings is 2. The number of hydrogen-bond acceptors (Lipinski definition) is 7. The highest BCUT2D eigenvalue weighted by molar-refractivity contribution is 6.33. The molecule has 1 saturated carbocycles. The van der Waals surface area contributed by atoms with Gasteiger partial charge in [0.1, 0.15) is 0 Å². The van der Waals surface area contributed by atoms with Crippen LogP contribution >= 0.6 is 11.6 Å². The van der Waals surface area contributed by atoms with Gasteiger partial charge in [0.05, 0.1) is 26.6 Å². The number of aryl methyl sites for hydroxylation is 1. The summed E-state index contributed by atoms with van der Waals surface area (Å²) >= 11 is 6.35. The molecule has 0 radical (unpaired) electrons. The van der Waals surface area contributed by atoms with E-state index in [2.05, 4.69) is 5.10 Å². The Kier molecular flexibility index (Phi) is 6.77. The smallest absolute Gasteiger partial charge is 0.271 e. The zero-order valence-electron chi connectivity index (χ0n) is 20.4. The quantitative estimate of drug-likeness (QED) is 0.289. The zero-order chi connectivity index (χ0) is 27.0. The van der Waals surface area contributed by atoms with Crippen LogP contribution in [0.1, 0.15) is 53.8 Å². The average Bonchev–Trinajstić information content (AvgIpc) is 3.49. The Hall–Kier alpha value is -4.38. The first-order valence-corrected chi connectivity index (χ1v) is 12.5. The zero-order valence-corrected chi connectivity index (χ0v) is 21.1. The fourth-order valence-corrected chi connectivity index (χ4v) is 5.30. The maximum atomic E-state index is 13.8. The fourth-order valence-electron chi connectivity index (χ4n) is 5.07. The topological polar surface area (TPSA) is 137 Å². The lowest BCUT2D eigenvalue weighted by Crippen LogP contribution is -2.32. The van der Waals surface area contributed by atoms with Crippen LogP contribution in [0.3, 0.4) is 0 Å². The standard InChI is InChI=1S/C26H23ClN6O5/c1-2-30-15-22(27)24(28-30)26(34)31-25(18-8-4-10-20(14-18)33(37)38)21-11-5-7-17(23(21)29-31)12-16-6-3-9-19(13-16)32(35)36/h3-4,6,8-10,12-15,21,25H,2,5,7,11H2,1H3/b17-12-/t21-,25-/m0/s1. The van der Waals surface area contributed by atoms with Crippen LogP contribution in [0.25, 0.3) is 6.08 Å². The molecule has 1 amide bonds. The first-order chi connectivity index (χ1) is 18.3. The summed E-state index contributed by atoms with van der Waals surface area (Å²) in [4.78, 5) is 35.6. The number of allylic oxidation sites excluding steroid dienone is 1. The second-order valence-corrected chi connectivity index (χ2v) is 9.54. The Morgan fingerprint density at radius 1 is 1.13 bits per heavy atom. The van der Waals surface area contributed by atoms with Gasteiger partial charge in [0.15, 0.2) is 5.69 Å². The summed E-state index contributed by atoms with van der Waals surface area (Å²) in [6.45, 7) is 2.40. The van der Waals surface area contributed by atoms with E-state index < -0.39 is 21.8 Å². The number of fused-ring (bicyclic) bond motifs is 1. The van der Waals surface area contributed by atoms with E-state index in [1.165, 1.54) is 29.3 Å². The molecule has 12 heteroatoms. The van der Waals surface area contributed by atoms with Gasteiger partial charge in [-0.15, -0.1) is 0 Å². The van der Waals surface area contributed by atoms with Crippen LogP contribution in [0, 0.1) is 26.1 Å². The molecule has 1 aliphatic carbocycles. The van der Waals surface area contributed by atoms with E-state index in [1.807, 2.05) is 13.0 Å². The van der Waals surface area contributed by atoms with E-state index in [4.69, 9.17) is 16.7 Å². The maximum Gasteiger partial charge on any atom is 0.296 e. The average molecular weight is 535 g/mol. The van der Waals surface area contributed by atoms with Gasteiger partial charge >= 0.3 is 0 Å². The molecule has 1 aromatic heterocycles. The predicted octanol–water partition coefficient (Wildman–Crippen LogP) is 5.81.